The lowest BCUT2D eigenvalue weighted by molar-refractivity contribution is -0.141. The number of likely N-dealkylation sites (N-methyl/N-ethyl adjacent to an activating group) is 1. The third kappa shape index (κ3) is 3.08. The van der Waals surface area contributed by atoms with Crippen LogP contribution in [0.4, 0.5) is 13.2 Å². The molecule has 2 aromatic heterocycles. The lowest BCUT2D eigenvalue weighted by Gasteiger charge is -2.26. The van der Waals surface area contributed by atoms with Gasteiger partial charge in [0.05, 0.1) is 5.69 Å². The highest BCUT2D eigenvalue weighted by molar-refractivity contribution is 6.08. The number of hydrogen-bond acceptors (Lipinski definition) is 5. The predicted molar refractivity (Wildman–Crippen MR) is 104 cm³/mol. The number of hydrogen-bond donors (Lipinski definition) is 1. The monoisotopic (exact) mass is 411 g/mol. The molecule has 1 unspecified atom stereocenters. The molecule has 0 bridgehead atoms. The topological polar surface area (TPSA) is 84.5 Å². The Bertz CT molecular complexity index is 1150. The van der Waals surface area contributed by atoms with E-state index in [0.29, 0.717) is 5.56 Å². The Hall–Kier alpha value is -3.75. The van der Waals surface area contributed by atoms with Crippen molar-refractivity contribution in [3.63, 3.8) is 0 Å². The van der Waals surface area contributed by atoms with Gasteiger partial charge in [-0.2, -0.15) is 13.2 Å². The van der Waals surface area contributed by atoms with Crippen LogP contribution >= 0.6 is 0 Å². The molecule has 0 spiro atoms. The van der Waals surface area contributed by atoms with E-state index in [1.54, 1.807) is 36.7 Å². The van der Waals surface area contributed by atoms with Crippen LogP contribution in [0.3, 0.4) is 0 Å². The van der Waals surface area contributed by atoms with Crippen LogP contribution in [0.15, 0.2) is 72.0 Å². The van der Waals surface area contributed by atoms with Crippen molar-refractivity contribution in [1.29, 1.82) is 0 Å². The second-order valence-electron chi connectivity index (χ2n) is 6.77. The summed E-state index contributed by atoms with van der Waals surface area (Å²) in [6.45, 7) is 0. The standard InChI is InChI=1S/C21H16F3N5O/c1-29-18(30)20(28-19(29)25,16-8-3-9-17(27-16)21(22,23)24)15-7-2-5-13(11-15)14-6-4-10-26-12-14/h2-12H,1H3,(H2,25,28). The van der Waals surface area contributed by atoms with Gasteiger partial charge in [0.2, 0.25) is 5.54 Å². The van der Waals surface area contributed by atoms with Gasteiger partial charge in [-0.05, 0) is 41.0 Å². The third-order valence-corrected chi connectivity index (χ3v) is 4.93. The Morgan fingerprint density at radius 3 is 2.40 bits per heavy atom. The summed E-state index contributed by atoms with van der Waals surface area (Å²) in [5.41, 5.74) is 4.66. The zero-order valence-corrected chi connectivity index (χ0v) is 15.8. The molecule has 0 fully saturated rings. The number of nitrogens with zero attached hydrogens (tertiary/aromatic N) is 4. The van der Waals surface area contributed by atoms with Crippen molar-refractivity contribution in [3.8, 4) is 11.1 Å². The molecule has 0 saturated heterocycles. The Balaban J connectivity index is 1.95. The van der Waals surface area contributed by atoms with Crippen LogP contribution in [0, 0.1) is 0 Å². The molecule has 3 aromatic rings. The van der Waals surface area contributed by atoms with Crippen molar-refractivity contribution in [1.82, 2.24) is 14.9 Å². The van der Waals surface area contributed by atoms with Crippen LogP contribution < -0.4 is 5.73 Å². The minimum atomic E-state index is -4.67. The van der Waals surface area contributed by atoms with E-state index < -0.39 is 23.3 Å². The minimum Gasteiger partial charge on any atom is -0.369 e. The van der Waals surface area contributed by atoms with E-state index in [4.69, 9.17) is 5.73 Å². The Kier molecular flexibility index (Phi) is 4.53. The summed E-state index contributed by atoms with van der Waals surface area (Å²) in [7, 11) is 1.42. The van der Waals surface area contributed by atoms with Gasteiger partial charge in [-0.15, -0.1) is 0 Å². The van der Waals surface area contributed by atoms with Crippen LogP contribution in [-0.4, -0.2) is 33.8 Å². The number of halogens is 3. The highest BCUT2D eigenvalue weighted by atomic mass is 19.4. The molecule has 1 amide bonds. The second kappa shape index (κ2) is 6.94. The second-order valence-corrected chi connectivity index (χ2v) is 6.77. The SMILES string of the molecule is CN1C(=O)C(c2cccc(-c3cccnc3)c2)(c2cccc(C(F)(F)F)n2)N=C1N. The van der Waals surface area contributed by atoms with E-state index in [0.717, 1.165) is 22.1 Å². The predicted octanol–water partition coefficient (Wildman–Crippen LogP) is 3.19. The number of benzene rings is 1. The van der Waals surface area contributed by atoms with Gasteiger partial charge >= 0.3 is 6.18 Å². The van der Waals surface area contributed by atoms with Gasteiger partial charge in [0.25, 0.3) is 5.91 Å². The molecule has 1 atom stereocenters. The normalized spacial score (nSPS) is 19.1. The molecular formula is C21H16F3N5O. The molecule has 9 heteroatoms. The van der Waals surface area contributed by atoms with E-state index in [1.165, 1.54) is 19.2 Å². The summed E-state index contributed by atoms with van der Waals surface area (Å²) >= 11 is 0. The number of rotatable bonds is 3. The van der Waals surface area contributed by atoms with E-state index in [9.17, 15) is 18.0 Å². The lowest BCUT2D eigenvalue weighted by atomic mass is 9.84. The summed E-state index contributed by atoms with van der Waals surface area (Å²) in [6.07, 6.45) is -1.39. The van der Waals surface area contributed by atoms with Crippen molar-refractivity contribution in [3.05, 3.63) is 83.9 Å². The largest absolute Gasteiger partial charge is 0.433 e. The van der Waals surface area contributed by atoms with Crippen molar-refractivity contribution < 1.29 is 18.0 Å². The van der Waals surface area contributed by atoms with Gasteiger partial charge in [0.15, 0.2) is 5.96 Å². The zero-order valence-electron chi connectivity index (χ0n) is 15.8. The average molecular weight is 411 g/mol. The van der Waals surface area contributed by atoms with Gasteiger partial charge in [-0.3, -0.25) is 14.7 Å². The van der Waals surface area contributed by atoms with E-state index in [2.05, 4.69) is 15.0 Å². The Labute approximate surface area is 169 Å². The van der Waals surface area contributed by atoms with Crippen LogP contribution in [0.1, 0.15) is 17.0 Å². The highest BCUT2D eigenvalue weighted by Crippen LogP contribution is 2.40. The lowest BCUT2D eigenvalue weighted by Crippen LogP contribution is -2.41. The number of nitrogens with two attached hydrogens (primary N) is 1. The van der Waals surface area contributed by atoms with Gasteiger partial charge in [-0.25, -0.2) is 9.98 Å². The summed E-state index contributed by atoms with van der Waals surface area (Å²) in [6, 6.07) is 13.8. The van der Waals surface area contributed by atoms with Crippen molar-refractivity contribution in [2.45, 2.75) is 11.7 Å². The molecule has 0 radical (unpaired) electrons. The Morgan fingerprint density at radius 2 is 1.77 bits per heavy atom. The molecule has 30 heavy (non-hydrogen) atoms. The molecule has 6 nitrogen and oxygen atoms in total. The molecule has 1 aliphatic rings. The van der Waals surface area contributed by atoms with Crippen molar-refractivity contribution in [2.75, 3.05) is 7.05 Å². The molecule has 0 aliphatic carbocycles. The number of aliphatic imine (C=N–C) groups is 1. The van der Waals surface area contributed by atoms with Crippen LogP contribution in [0.5, 0.6) is 0 Å². The molecule has 3 heterocycles. The molecule has 2 N–H and O–H groups in total. The van der Waals surface area contributed by atoms with Crippen LogP contribution in [0.2, 0.25) is 0 Å². The number of carbonyl (C=O) groups is 1. The summed E-state index contributed by atoms with van der Waals surface area (Å²) in [4.78, 5) is 26.5. The van der Waals surface area contributed by atoms with Gasteiger partial charge in [0, 0.05) is 19.4 Å². The number of amides is 1. The minimum absolute atomic E-state index is 0.106. The molecule has 1 aromatic carbocycles. The first-order valence-corrected chi connectivity index (χ1v) is 8.92. The fraction of sp³-hybridized carbons (Fsp3) is 0.143. The fourth-order valence-corrected chi connectivity index (χ4v) is 3.40. The first-order valence-electron chi connectivity index (χ1n) is 8.92. The number of pyridine rings is 2. The van der Waals surface area contributed by atoms with Crippen LogP contribution in [-0.2, 0) is 16.5 Å². The summed E-state index contributed by atoms with van der Waals surface area (Å²) in [5, 5.41) is 0. The smallest absolute Gasteiger partial charge is 0.369 e. The van der Waals surface area contributed by atoms with Crippen molar-refractivity contribution >= 4 is 11.9 Å². The molecule has 1 aliphatic heterocycles. The number of carbonyl (C=O) groups excluding carboxylic acids is 1. The number of guanidine groups is 1. The average Bonchev–Trinajstić information content (AvgIpc) is 2.99. The fourth-order valence-electron chi connectivity index (χ4n) is 3.40. The van der Waals surface area contributed by atoms with E-state index in [-0.39, 0.29) is 11.7 Å². The molecule has 4 rings (SSSR count). The quantitative estimate of drug-likeness (QED) is 0.717. The Morgan fingerprint density at radius 1 is 1.03 bits per heavy atom. The first-order chi connectivity index (χ1) is 14.2. The van der Waals surface area contributed by atoms with Gasteiger partial charge in [0.1, 0.15) is 5.69 Å². The first kappa shape index (κ1) is 19.6. The highest BCUT2D eigenvalue weighted by Gasteiger charge is 2.51. The zero-order chi connectivity index (χ0) is 21.5. The summed E-state index contributed by atoms with van der Waals surface area (Å²) in [5.74, 6) is -0.693. The van der Waals surface area contributed by atoms with E-state index in [1.807, 2.05) is 12.1 Å². The number of alkyl halides is 3. The van der Waals surface area contributed by atoms with Crippen LogP contribution in [0.25, 0.3) is 11.1 Å². The maximum absolute atomic E-state index is 13.3. The molecule has 152 valence electrons. The number of aromatic nitrogens is 2. The van der Waals surface area contributed by atoms with Gasteiger partial charge < -0.3 is 5.73 Å². The van der Waals surface area contributed by atoms with Gasteiger partial charge in [-0.1, -0.05) is 30.3 Å². The molecule has 0 saturated carbocycles. The maximum atomic E-state index is 13.3. The van der Waals surface area contributed by atoms with E-state index >= 15 is 0 Å². The maximum Gasteiger partial charge on any atom is 0.433 e. The van der Waals surface area contributed by atoms with Crippen molar-refractivity contribution in [2.24, 2.45) is 10.7 Å². The third-order valence-electron chi connectivity index (χ3n) is 4.93. The summed E-state index contributed by atoms with van der Waals surface area (Å²) < 4.78 is 39.9. The molecular weight excluding hydrogens is 395 g/mol.